The number of carbonyl (C=O) groups is 1. The molecule has 0 aliphatic heterocycles. The summed E-state index contributed by atoms with van der Waals surface area (Å²) in [5.74, 6) is -0.0275. The monoisotopic (exact) mass is 425 g/mol. The second-order valence-electron chi connectivity index (χ2n) is 7.90. The molecule has 0 bridgehead atoms. The summed E-state index contributed by atoms with van der Waals surface area (Å²) in [6.07, 6.45) is 19.7. The van der Waals surface area contributed by atoms with Crippen LogP contribution in [-0.4, -0.2) is 11.2 Å². The Kier molecular flexibility index (Phi) is 15.6. The molecule has 28 heavy (non-hydrogen) atoms. The Hall–Kier alpha value is -0.670. The number of unbranched alkanes of at least 4 members (excludes halogenated alkanes) is 13. The van der Waals surface area contributed by atoms with Crippen molar-refractivity contribution >= 4 is 35.8 Å². The van der Waals surface area contributed by atoms with Crippen molar-refractivity contribution < 1.29 is 4.79 Å². The molecule has 1 aromatic rings. The number of halogens is 1. The third-order valence-corrected chi connectivity index (χ3v) is 5.99. The quantitative estimate of drug-likeness (QED) is 0.190. The lowest BCUT2D eigenvalue weighted by molar-refractivity contribution is -0.115. The number of benzene rings is 1. The van der Waals surface area contributed by atoms with Crippen molar-refractivity contribution in [3.63, 3.8) is 0 Å². The highest BCUT2D eigenvalue weighted by Gasteiger charge is 2.13. The molecular formula is C24H40ClNOS. The topological polar surface area (TPSA) is 29.1 Å². The van der Waals surface area contributed by atoms with E-state index in [1.54, 1.807) is 12.1 Å². The number of nitrogens with one attached hydrogen (secondary N) is 1. The molecule has 1 N–H and O–H groups in total. The maximum atomic E-state index is 12.1. The number of carbonyl (C=O) groups excluding carboxylic acids is 1. The molecule has 0 unspecified atom stereocenters. The van der Waals surface area contributed by atoms with Crippen LogP contribution in [0.1, 0.15) is 103 Å². The predicted molar refractivity (Wildman–Crippen MR) is 128 cm³/mol. The van der Waals surface area contributed by atoms with Crippen molar-refractivity contribution in [3.8, 4) is 0 Å². The standard InChI is InChI=1S/C24H40ClNOS/c1-2-3-4-5-6-7-8-9-10-11-12-13-14-15-16-23(28)24(27)26-22-19-17-21(25)18-20-22/h17-20,23,28H,2-16H2,1H3,(H,26,27)/t23-/m0/s1. The minimum Gasteiger partial charge on any atom is -0.325 e. The SMILES string of the molecule is CCCCCCCCCCCCCCCC[C@H](S)C(=O)Nc1ccc(Cl)cc1. The molecule has 0 aromatic heterocycles. The van der Waals surface area contributed by atoms with Crippen molar-refractivity contribution in [1.29, 1.82) is 0 Å². The van der Waals surface area contributed by atoms with E-state index in [0.717, 1.165) is 18.5 Å². The van der Waals surface area contributed by atoms with E-state index in [-0.39, 0.29) is 11.2 Å². The highest BCUT2D eigenvalue weighted by Crippen LogP contribution is 2.17. The molecule has 0 aliphatic carbocycles. The van der Waals surface area contributed by atoms with Gasteiger partial charge in [-0.3, -0.25) is 4.79 Å². The van der Waals surface area contributed by atoms with Crippen LogP contribution in [-0.2, 0) is 4.79 Å². The fourth-order valence-electron chi connectivity index (χ4n) is 3.42. The van der Waals surface area contributed by atoms with E-state index >= 15 is 0 Å². The first kappa shape index (κ1) is 25.4. The van der Waals surface area contributed by atoms with E-state index in [1.165, 1.54) is 83.5 Å². The molecule has 0 radical (unpaired) electrons. The third kappa shape index (κ3) is 13.5. The van der Waals surface area contributed by atoms with Gasteiger partial charge in [0.05, 0.1) is 5.25 Å². The average Bonchev–Trinajstić information content (AvgIpc) is 2.69. The van der Waals surface area contributed by atoms with E-state index in [0.29, 0.717) is 5.02 Å². The fourth-order valence-corrected chi connectivity index (χ4v) is 3.80. The molecule has 1 aromatic carbocycles. The normalized spacial score (nSPS) is 12.1. The molecule has 0 spiro atoms. The van der Waals surface area contributed by atoms with Gasteiger partial charge in [-0.2, -0.15) is 12.6 Å². The Morgan fingerprint density at radius 2 is 1.25 bits per heavy atom. The molecule has 4 heteroatoms. The summed E-state index contributed by atoms with van der Waals surface area (Å²) in [6.45, 7) is 2.27. The lowest BCUT2D eigenvalue weighted by atomic mass is 10.0. The predicted octanol–water partition coefficient (Wildman–Crippen LogP) is 8.45. The minimum absolute atomic E-state index is 0.0275. The number of rotatable bonds is 17. The van der Waals surface area contributed by atoms with Gasteiger partial charge in [0.25, 0.3) is 0 Å². The van der Waals surface area contributed by atoms with Gasteiger partial charge in [-0.15, -0.1) is 0 Å². The summed E-state index contributed by atoms with van der Waals surface area (Å²) in [7, 11) is 0. The van der Waals surface area contributed by atoms with Gasteiger partial charge in [0, 0.05) is 10.7 Å². The lowest BCUT2D eigenvalue weighted by Gasteiger charge is -2.11. The van der Waals surface area contributed by atoms with Gasteiger partial charge in [-0.25, -0.2) is 0 Å². The maximum Gasteiger partial charge on any atom is 0.237 e. The number of hydrogen-bond donors (Lipinski definition) is 2. The van der Waals surface area contributed by atoms with Gasteiger partial charge in [0.2, 0.25) is 5.91 Å². The van der Waals surface area contributed by atoms with Crippen molar-refractivity contribution in [2.24, 2.45) is 0 Å². The summed E-state index contributed by atoms with van der Waals surface area (Å²) < 4.78 is 0. The summed E-state index contributed by atoms with van der Waals surface area (Å²) in [4.78, 5) is 12.1. The highest BCUT2D eigenvalue weighted by molar-refractivity contribution is 7.81. The van der Waals surface area contributed by atoms with E-state index in [1.807, 2.05) is 12.1 Å². The van der Waals surface area contributed by atoms with Crippen molar-refractivity contribution in [3.05, 3.63) is 29.3 Å². The Morgan fingerprint density at radius 3 is 1.71 bits per heavy atom. The number of thiol groups is 1. The van der Waals surface area contributed by atoms with Gasteiger partial charge in [-0.05, 0) is 30.7 Å². The fraction of sp³-hybridized carbons (Fsp3) is 0.708. The number of hydrogen-bond acceptors (Lipinski definition) is 2. The molecule has 0 heterocycles. The molecule has 0 saturated carbocycles. The Morgan fingerprint density at radius 1 is 0.821 bits per heavy atom. The third-order valence-electron chi connectivity index (χ3n) is 5.25. The number of amides is 1. The van der Waals surface area contributed by atoms with Crippen LogP contribution in [0.15, 0.2) is 24.3 Å². The van der Waals surface area contributed by atoms with E-state index < -0.39 is 0 Å². The molecule has 1 atom stereocenters. The first-order chi connectivity index (χ1) is 13.6. The van der Waals surface area contributed by atoms with Crippen LogP contribution < -0.4 is 5.32 Å². The van der Waals surface area contributed by atoms with E-state index in [9.17, 15) is 4.79 Å². The van der Waals surface area contributed by atoms with E-state index in [2.05, 4.69) is 24.9 Å². The first-order valence-corrected chi connectivity index (χ1v) is 12.3. The molecule has 1 amide bonds. The molecule has 1 rings (SSSR count). The van der Waals surface area contributed by atoms with Crippen LogP contribution >= 0.6 is 24.2 Å². The van der Waals surface area contributed by atoms with Crippen LogP contribution in [0.5, 0.6) is 0 Å². The lowest BCUT2D eigenvalue weighted by Crippen LogP contribution is -2.23. The first-order valence-electron chi connectivity index (χ1n) is 11.4. The zero-order valence-electron chi connectivity index (χ0n) is 17.7. The highest BCUT2D eigenvalue weighted by atomic mass is 35.5. The Balaban J connectivity index is 1.90. The van der Waals surface area contributed by atoms with E-state index in [4.69, 9.17) is 11.6 Å². The second kappa shape index (κ2) is 17.2. The molecule has 2 nitrogen and oxygen atoms in total. The molecule has 0 saturated heterocycles. The average molecular weight is 426 g/mol. The van der Waals surface area contributed by atoms with Crippen LogP contribution in [0.4, 0.5) is 5.69 Å². The molecule has 0 aliphatic rings. The summed E-state index contributed by atoms with van der Waals surface area (Å²) in [6, 6.07) is 7.18. The Bertz CT molecular complexity index is 506. The molecular weight excluding hydrogens is 386 g/mol. The zero-order valence-corrected chi connectivity index (χ0v) is 19.4. The summed E-state index contributed by atoms with van der Waals surface area (Å²) >= 11 is 10.3. The van der Waals surface area contributed by atoms with Gasteiger partial charge in [0.1, 0.15) is 0 Å². The van der Waals surface area contributed by atoms with Gasteiger partial charge in [0.15, 0.2) is 0 Å². The van der Waals surface area contributed by atoms with Crippen molar-refractivity contribution in [1.82, 2.24) is 0 Å². The Labute approximate surface area is 183 Å². The van der Waals surface area contributed by atoms with Crippen LogP contribution in [0.3, 0.4) is 0 Å². The van der Waals surface area contributed by atoms with Crippen molar-refractivity contribution in [2.75, 3.05) is 5.32 Å². The molecule has 0 fully saturated rings. The number of anilines is 1. The summed E-state index contributed by atoms with van der Waals surface area (Å²) in [5.41, 5.74) is 0.773. The minimum atomic E-state index is -0.243. The van der Waals surface area contributed by atoms with Gasteiger partial charge >= 0.3 is 0 Å². The van der Waals surface area contributed by atoms with Crippen molar-refractivity contribution in [2.45, 2.75) is 108 Å². The van der Waals surface area contributed by atoms with Crippen LogP contribution in [0.2, 0.25) is 5.02 Å². The maximum absolute atomic E-state index is 12.1. The van der Waals surface area contributed by atoms with Crippen LogP contribution in [0.25, 0.3) is 0 Å². The smallest absolute Gasteiger partial charge is 0.237 e. The second-order valence-corrected chi connectivity index (χ2v) is 8.96. The van der Waals surface area contributed by atoms with Gasteiger partial charge < -0.3 is 5.32 Å². The zero-order chi connectivity index (χ0) is 20.5. The summed E-state index contributed by atoms with van der Waals surface area (Å²) in [5, 5.41) is 3.32. The largest absolute Gasteiger partial charge is 0.325 e. The molecule has 160 valence electrons. The van der Waals surface area contributed by atoms with Gasteiger partial charge in [-0.1, -0.05) is 108 Å². The van der Waals surface area contributed by atoms with Crippen LogP contribution in [0, 0.1) is 0 Å².